The molecule has 2 N–H and O–H groups in total. The van der Waals surface area contributed by atoms with Crippen molar-refractivity contribution in [3.05, 3.63) is 54.4 Å². The summed E-state index contributed by atoms with van der Waals surface area (Å²) in [6.07, 6.45) is 2.71. The summed E-state index contributed by atoms with van der Waals surface area (Å²) in [4.78, 5) is 17.2. The third kappa shape index (κ3) is 2.10. The molecule has 0 radical (unpaired) electrons. The molecule has 2 heterocycles. The monoisotopic (exact) mass is 255 g/mol. The van der Waals surface area contributed by atoms with E-state index >= 15 is 0 Å². The largest absolute Gasteiger partial charge is 0.478 e. The fourth-order valence-electron chi connectivity index (χ4n) is 2.27. The Kier molecular flexibility index (Phi) is 2.79. The van der Waals surface area contributed by atoms with E-state index in [1.165, 1.54) is 0 Å². The molecule has 19 heavy (non-hydrogen) atoms. The average Bonchev–Trinajstić information content (AvgIpc) is 2.79. The Morgan fingerprint density at radius 2 is 2.16 bits per heavy atom. The minimum atomic E-state index is -0.889. The standard InChI is InChI=1S/C14H13N3O2/c18-14(19)13-16-11-5-1-2-6-12(11)17(13)9-10-4-3-7-15-8-10/h1-8,13,16H,9H2,(H,18,19). The van der Waals surface area contributed by atoms with E-state index in [0.717, 1.165) is 16.9 Å². The molecule has 5 heteroatoms. The van der Waals surface area contributed by atoms with Crippen LogP contribution in [-0.2, 0) is 11.3 Å². The van der Waals surface area contributed by atoms with E-state index in [1.807, 2.05) is 41.3 Å². The minimum absolute atomic E-state index is 0.509. The van der Waals surface area contributed by atoms with Gasteiger partial charge in [-0.15, -0.1) is 0 Å². The molecule has 1 aromatic carbocycles. The molecule has 1 aromatic heterocycles. The molecule has 0 bridgehead atoms. The second-order valence-electron chi connectivity index (χ2n) is 4.39. The molecule has 0 saturated heterocycles. The van der Waals surface area contributed by atoms with Gasteiger partial charge in [0.25, 0.3) is 0 Å². The van der Waals surface area contributed by atoms with Crippen LogP contribution in [0.5, 0.6) is 0 Å². The summed E-state index contributed by atoms with van der Waals surface area (Å²) in [5, 5.41) is 12.3. The van der Waals surface area contributed by atoms with Crippen LogP contribution in [0.3, 0.4) is 0 Å². The number of carboxylic acids is 1. The first-order chi connectivity index (χ1) is 9.25. The molecule has 96 valence electrons. The molecule has 1 unspecified atom stereocenters. The quantitative estimate of drug-likeness (QED) is 0.877. The number of benzene rings is 1. The summed E-state index contributed by atoms with van der Waals surface area (Å²) >= 11 is 0. The maximum absolute atomic E-state index is 11.4. The van der Waals surface area contributed by atoms with Crippen molar-refractivity contribution in [2.45, 2.75) is 12.7 Å². The van der Waals surface area contributed by atoms with Crippen molar-refractivity contribution in [3.8, 4) is 0 Å². The highest BCUT2D eigenvalue weighted by atomic mass is 16.4. The van der Waals surface area contributed by atoms with Crippen molar-refractivity contribution >= 4 is 17.3 Å². The molecule has 0 aliphatic carbocycles. The van der Waals surface area contributed by atoms with Gasteiger partial charge in [0.15, 0.2) is 0 Å². The first kappa shape index (κ1) is 11.5. The van der Waals surface area contributed by atoms with Gasteiger partial charge in [-0.2, -0.15) is 0 Å². The first-order valence-electron chi connectivity index (χ1n) is 5.99. The van der Waals surface area contributed by atoms with Crippen molar-refractivity contribution in [1.29, 1.82) is 0 Å². The van der Waals surface area contributed by atoms with Crippen molar-refractivity contribution in [1.82, 2.24) is 4.98 Å². The predicted octanol–water partition coefficient (Wildman–Crippen LogP) is 1.92. The Morgan fingerprint density at radius 1 is 1.32 bits per heavy atom. The average molecular weight is 255 g/mol. The molecular weight excluding hydrogens is 242 g/mol. The molecule has 0 fully saturated rings. The van der Waals surface area contributed by atoms with Gasteiger partial charge in [-0.1, -0.05) is 18.2 Å². The Morgan fingerprint density at radius 3 is 2.89 bits per heavy atom. The number of para-hydroxylation sites is 2. The highest BCUT2D eigenvalue weighted by Gasteiger charge is 2.33. The lowest BCUT2D eigenvalue weighted by atomic mass is 10.2. The van der Waals surface area contributed by atoms with Gasteiger partial charge in [-0.3, -0.25) is 4.98 Å². The summed E-state index contributed by atoms with van der Waals surface area (Å²) in [7, 11) is 0. The van der Waals surface area contributed by atoms with Crippen LogP contribution in [0.4, 0.5) is 11.4 Å². The Balaban J connectivity index is 1.94. The van der Waals surface area contributed by atoms with Crippen LogP contribution in [0.15, 0.2) is 48.8 Å². The zero-order chi connectivity index (χ0) is 13.2. The third-order valence-corrected chi connectivity index (χ3v) is 3.13. The highest BCUT2D eigenvalue weighted by molar-refractivity contribution is 5.89. The van der Waals surface area contributed by atoms with E-state index in [9.17, 15) is 9.90 Å². The number of rotatable bonds is 3. The van der Waals surface area contributed by atoms with E-state index < -0.39 is 12.1 Å². The molecule has 1 aliphatic rings. The number of aliphatic carboxylic acids is 1. The minimum Gasteiger partial charge on any atom is -0.478 e. The number of hydrogen-bond donors (Lipinski definition) is 2. The van der Waals surface area contributed by atoms with Gasteiger partial charge in [0.05, 0.1) is 11.4 Å². The number of pyridine rings is 1. The van der Waals surface area contributed by atoms with Crippen molar-refractivity contribution < 1.29 is 9.90 Å². The number of carboxylic acid groups (broad SMARTS) is 1. The van der Waals surface area contributed by atoms with Crippen molar-refractivity contribution in [3.63, 3.8) is 0 Å². The molecule has 3 rings (SSSR count). The maximum atomic E-state index is 11.4. The van der Waals surface area contributed by atoms with Gasteiger partial charge >= 0.3 is 5.97 Å². The lowest BCUT2D eigenvalue weighted by molar-refractivity contribution is -0.137. The van der Waals surface area contributed by atoms with Crippen LogP contribution in [0, 0.1) is 0 Å². The molecule has 0 saturated carbocycles. The highest BCUT2D eigenvalue weighted by Crippen LogP contribution is 2.35. The number of nitrogens with one attached hydrogen (secondary N) is 1. The third-order valence-electron chi connectivity index (χ3n) is 3.13. The van der Waals surface area contributed by atoms with Gasteiger partial charge in [0.1, 0.15) is 0 Å². The van der Waals surface area contributed by atoms with Gasteiger partial charge in [-0.05, 0) is 23.8 Å². The second-order valence-corrected chi connectivity index (χ2v) is 4.39. The predicted molar refractivity (Wildman–Crippen MR) is 71.9 cm³/mol. The van der Waals surface area contributed by atoms with E-state index in [1.54, 1.807) is 12.4 Å². The van der Waals surface area contributed by atoms with E-state index in [-0.39, 0.29) is 0 Å². The van der Waals surface area contributed by atoms with Gasteiger partial charge in [0, 0.05) is 18.9 Å². The van der Waals surface area contributed by atoms with E-state index in [0.29, 0.717) is 6.54 Å². The SMILES string of the molecule is O=C(O)C1Nc2ccccc2N1Cc1cccnc1. The lowest BCUT2D eigenvalue weighted by Gasteiger charge is -2.23. The Hall–Kier alpha value is -2.56. The molecule has 2 aromatic rings. The number of nitrogens with zero attached hydrogens (tertiary/aromatic N) is 2. The number of carbonyl (C=O) groups is 1. The second kappa shape index (κ2) is 4.61. The lowest BCUT2D eigenvalue weighted by Crippen LogP contribution is -2.41. The van der Waals surface area contributed by atoms with Gasteiger partial charge in [0.2, 0.25) is 6.17 Å². The van der Waals surface area contributed by atoms with Gasteiger partial charge < -0.3 is 15.3 Å². The zero-order valence-electron chi connectivity index (χ0n) is 10.2. The molecule has 0 spiro atoms. The Labute approximate surface area is 110 Å². The molecule has 1 atom stereocenters. The van der Waals surface area contributed by atoms with Crippen LogP contribution in [-0.4, -0.2) is 22.2 Å². The number of fused-ring (bicyclic) bond motifs is 1. The zero-order valence-corrected chi connectivity index (χ0v) is 10.2. The molecule has 0 amide bonds. The number of anilines is 2. The molecular formula is C14H13N3O2. The summed E-state index contributed by atoms with van der Waals surface area (Å²) in [5.41, 5.74) is 2.73. The summed E-state index contributed by atoms with van der Waals surface area (Å²) in [5.74, 6) is -0.889. The maximum Gasteiger partial charge on any atom is 0.347 e. The van der Waals surface area contributed by atoms with Crippen molar-refractivity contribution in [2.24, 2.45) is 0 Å². The van der Waals surface area contributed by atoms with Crippen LogP contribution >= 0.6 is 0 Å². The van der Waals surface area contributed by atoms with Crippen LogP contribution in [0.2, 0.25) is 0 Å². The molecule has 5 nitrogen and oxygen atoms in total. The first-order valence-corrected chi connectivity index (χ1v) is 5.99. The van der Waals surface area contributed by atoms with Crippen LogP contribution in [0.25, 0.3) is 0 Å². The summed E-state index contributed by atoms with van der Waals surface area (Å²) in [6.45, 7) is 0.509. The van der Waals surface area contributed by atoms with Crippen molar-refractivity contribution in [2.75, 3.05) is 10.2 Å². The Bertz CT molecular complexity index is 601. The number of aromatic nitrogens is 1. The fraction of sp³-hybridized carbons (Fsp3) is 0.143. The summed E-state index contributed by atoms with van der Waals surface area (Å²) < 4.78 is 0. The topological polar surface area (TPSA) is 65.5 Å². The van der Waals surface area contributed by atoms with Crippen LogP contribution in [0.1, 0.15) is 5.56 Å². The van der Waals surface area contributed by atoms with Gasteiger partial charge in [-0.25, -0.2) is 4.79 Å². The van der Waals surface area contributed by atoms with E-state index in [4.69, 9.17) is 0 Å². The fourth-order valence-corrected chi connectivity index (χ4v) is 2.27. The summed E-state index contributed by atoms with van der Waals surface area (Å²) in [6, 6.07) is 11.4. The van der Waals surface area contributed by atoms with E-state index in [2.05, 4.69) is 10.3 Å². The smallest absolute Gasteiger partial charge is 0.347 e. The van der Waals surface area contributed by atoms with Crippen LogP contribution < -0.4 is 10.2 Å². The molecule has 1 aliphatic heterocycles. The number of hydrogen-bond acceptors (Lipinski definition) is 4. The normalized spacial score (nSPS) is 16.8.